The van der Waals surface area contributed by atoms with Crippen LogP contribution in [0.1, 0.15) is 0 Å². The van der Waals surface area contributed by atoms with Gasteiger partial charge in [-0.1, -0.05) is 47.5 Å². The maximum Gasteiger partial charge on any atom is 0.211 e. The normalized spacial score (nSPS) is 10.5. The van der Waals surface area contributed by atoms with Crippen LogP contribution >= 0.6 is 23.2 Å². The first-order valence-electron chi connectivity index (χ1n) is 7.67. The van der Waals surface area contributed by atoms with E-state index < -0.39 is 0 Å². The molecule has 0 spiro atoms. The predicted molar refractivity (Wildman–Crippen MR) is 100 cm³/mol. The molecular weight excluding hydrogens is 417 g/mol. The van der Waals surface area contributed by atoms with Crippen molar-refractivity contribution in [1.82, 2.24) is 0 Å². The van der Waals surface area contributed by atoms with Crippen molar-refractivity contribution in [3.8, 4) is 22.3 Å². The van der Waals surface area contributed by atoms with Crippen LogP contribution in [-0.4, -0.2) is 0 Å². The van der Waals surface area contributed by atoms with Gasteiger partial charge in [0.15, 0.2) is 12.4 Å². The van der Waals surface area contributed by atoms with E-state index in [2.05, 4.69) is 41.1 Å². The molecule has 4 rings (SSSR count). The van der Waals surface area contributed by atoms with E-state index in [0.717, 1.165) is 32.3 Å². The van der Waals surface area contributed by atoms with Gasteiger partial charge < -0.3 is 17.0 Å². The average Bonchev–Trinajstić information content (AvgIpc) is 2.62. The van der Waals surface area contributed by atoms with Crippen LogP contribution in [0.3, 0.4) is 0 Å². The van der Waals surface area contributed by atoms with Gasteiger partial charge >= 0.3 is 0 Å². The van der Waals surface area contributed by atoms with Crippen LogP contribution in [0.4, 0.5) is 0 Å². The zero-order valence-electron chi connectivity index (χ0n) is 13.2. The lowest BCUT2D eigenvalue weighted by molar-refractivity contribution is -0.511. The largest absolute Gasteiger partial charge is 1.00 e. The maximum absolute atomic E-state index is 6.05. The third-order valence-corrected chi connectivity index (χ3v) is 4.59. The van der Waals surface area contributed by atoms with Crippen molar-refractivity contribution in [3.63, 3.8) is 0 Å². The van der Waals surface area contributed by atoms with Crippen molar-refractivity contribution >= 4 is 28.7 Å². The summed E-state index contributed by atoms with van der Waals surface area (Å²) in [6.07, 6.45) is 4.21. The molecule has 0 aliphatic heterocycles. The Balaban J connectivity index is 0.00000182. The predicted octanol–water partition coefficient (Wildman–Crippen LogP) is 3.07. The molecule has 0 radical (unpaired) electrons. The quantitative estimate of drug-likeness (QED) is 0.430. The Hall–Kier alpha value is -1.87. The second-order valence-corrected chi connectivity index (χ2v) is 6.52. The number of hydrogen-bond donors (Lipinski definition) is 0. The summed E-state index contributed by atoms with van der Waals surface area (Å²) in [6, 6.07) is 24.3. The smallest absolute Gasteiger partial charge is 0.211 e. The molecule has 0 unspecified atom stereocenters. The standard InChI is InChI=1S/C21H14Cl2N.BrH/c22-17-8-4-15(5-9-17)20-13-19-3-1-2-12-24(19)14-21(20)16-6-10-18(23)11-7-16;/h1-14H;1H/q+1;/p-1. The van der Waals surface area contributed by atoms with Gasteiger partial charge in [-0.2, -0.15) is 4.40 Å². The number of aromatic nitrogens is 1. The molecule has 2 heterocycles. The van der Waals surface area contributed by atoms with E-state index >= 15 is 0 Å². The summed E-state index contributed by atoms with van der Waals surface area (Å²) in [4.78, 5) is 0. The Morgan fingerprint density at radius 2 is 1.20 bits per heavy atom. The van der Waals surface area contributed by atoms with Crippen LogP contribution < -0.4 is 21.4 Å². The Morgan fingerprint density at radius 3 is 1.80 bits per heavy atom. The van der Waals surface area contributed by atoms with Gasteiger partial charge in [-0.25, -0.2) is 0 Å². The second-order valence-electron chi connectivity index (χ2n) is 5.65. The minimum atomic E-state index is 0. The van der Waals surface area contributed by atoms with Crippen LogP contribution in [0.5, 0.6) is 0 Å². The van der Waals surface area contributed by atoms with Crippen LogP contribution in [-0.2, 0) is 0 Å². The number of pyridine rings is 2. The van der Waals surface area contributed by atoms with Gasteiger partial charge in [0.2, 0.25) is 5.52 Å². The molecule has 0 N–H and O–H groups in total. The van der Waals surface area contributed by atoms with Crippen LogP contribution in [0, 0.1) is 0 Å². The third kappa shape index (κ3) is 3.72. The summed E-state index contributed by atoms with van der Waals surface area (Å²) in [5.74, 6) is 0. The van der Waals surface area contributed by atoms with Crippen molar-refractivity contribution in [1.29, 1.82) is 0 Å². The van der Waals surface area contributed by atoms with E-state index in [9.17, 15) is 0 Å². The van der Waals surface area contributed by atoms with E-state index in [-0.39, 0.29) is 17.0 Å². The highest BCUT2D eigenvalue weighted by molar-refractivity contribution is 6.31. The minimum Gasteiger partial charge on any atom is -1.00 e. The summed E-state index contributed by atoms with van der Waals surface area (Å²) < 4.78 is 2.13. The number of rotatable bonds is 2. The van der Waals surface area contributed by atoms with E-state index in [1.54, 1.807) is 0 Å². The fraction of sp³-hybridized carbons (Fsp3) is 0. The molecule has 0 saturated carbocycles. The number of hydrogen-bond acceptors (Lipinski definition) is 0. The molecule has 0 atom stereocenters. The highest BCUT2D eigenvalue weighted by Crippen LogP contribution is 2.33. The first-order chi connectivity index (χ1) is 11.7. The number of benzene rings is 2. The van der Waals surface area contributed by atoms with Crippen LogP contribution in [0.25, 0.3) is 27.8 Å². The lowest BCUT2D eigenvalue weighted by atomic mass is 9.96. The molecule has 0 saturated heterocycles. The first-order valence-corrected chi connectivity index (χ1v) is 8.42. The average molecular weight is 431 g/mol. The fourth-order valence-corrected chi connectivity index (χ4v) is 3.12. The molecule has 0 bridgehead atoms. The fourth-order valence-electron chi connectivity index (χ4n) is 2.87. The first kappa shape index (κ1) is 17.9. The molecule has 0 amide bonds. The van der Waals surface area contributed by atoms with Crippen molar-refractivity contribution in [3.05, 3.63) is 95.2 Å². The maximum atomic E-state index is 6.05. The van der Waals surface area contributed by atoms with Gasteiger partial charge in [0.05, 0.1) is 5.56 Å². The lowest BCUT2D eigenvalue weighted by Crippen LogP contribution is -3.00. The Morgan fingerprint density at radius 1 is 0.640 bits per heavy atom. The van der Waals surface area contributed by atoms with Gasteiger partial charge in [-0.05, 0) is 41.5 Å². The second kappa shape index (κ2) is 7.57. The Kier molecular flexibility index (Phi) is 5.43. The zero-order chi connectivity index (χ0) is 16.5. The van der Waals surface area contributed by atoms with Gasteiger partial charge in [0, 0.05) is 33.8 Å². The van der Waals surface area contributed by atoms with Crippen LogP contribution in [0.15, 0.2) is 85.2 Å². The summed E-state index contributed by atoms with van der Waals surface area (Å²) >= 11 is 12.1. The monoisotopic (exact) mass is 429 g/mol. The van der Waals surface area contributed by atoms with Crippen molar-refractivity contribution in [2.24, 2.45) is 0 Å². The Bertz CT molecular complexity index is 928. The molecule has 0 aliphatic carbocycles. The summed E-state index contributed by atoms with van der Waals surface area (Å²) in [6.45, 7) is 0. The topological polar surface area (TPSA) is 4.10 Å². The van der Waals surface area contributed by atoms with E-state index in [4.69, 9.17) is 23.2 Å². The molecule has 4 heteroatoms. The highest BCUT2D eigenvalue weighted by Gasteiger charge is 2.14. The highest BCUT2D eigenvalue weighted by atomic mass is 79.9. The van der Waals surface area contributed by atoms with Crippen molar-refractivity contribution in [2.75, 3.05) is 0 Å². The SMILES string of the molecule is Clc1ccc(-c2cc3cccc[n+]3cc2-c2ccc(Cl)cc2)cc1.[Br-]. The number of nitrogens with zero attached hydrogens (tertiary/aromatic N) is 1. The zero-order valence-corrected chi connectivity index (χ0v) is 16.3. The molecule has 1 nitrogen and oxygen atoms in total. The number of halogens is 3. The molecule has 25 heavy (non-hydrogen) atoms. The number of fused-ring (bicyclic) bond motifs is 1. The minimum absolute atomic E-state index is 0. The van der Waals surface area contributed by atoms with Gasteiger partial charge in [0.1, 0.15) is 0 Å². The van der Waals surface area contributed by atoms with Crippen molar-refractivity contribution in [2.45, 2.75) is 0 Å². The molecule has 124 valence electrons. The summed E-state index contributed by atoms with van der Waals surface area (Å²) in [7, 11) is 0. The lowest BCUT2D eigenvalue weighted by Gasteiger charge is -2.09. The van der Waals surface area contributed by atoms with Crippen LogP contribution in [0.2, 0.25) is 10.0 Å². The molecule has 0 aliphatic rings. The summed E-state index contributed by atoms with van der Waals surface area (Å²) in [5.41, 5.74) is 5.72. The van der Waals surface area contributed by atoms with E-state index in [0.29, 0.717) is 0 Å². The van der Waals surface area contributed by atoms with Gasteiger partial charge in [-0.15, -0.1) is 0 Å². The molecule has 4 aromatic rings. The van der Waals surface area contributed by atoms with E-state index in [1.165, 1.54) is 5.56 Å². The molecule has 0 fully saturated rings. The molecular formula is C21H14BrCl2N. The molecule has 2 aromatic carbocycles. The van der Waals surface area contributed by atoms with Gasteiger partial charge in [-0.3, -0.25) is 0 Å². The van der Waals surface area contributed by atoms with E-state index in [1.807, 2.05) is 48.5 Å². The third-order valence-electron chi connectivity index (χ3n) is 4.08. The Labute approximate surface area is 167 Å². The van der Waals surface area contributed by atoms with Gasteiger partial charge in [0.25, 0.3) is 0 Å². The van der Waals surface area contributed by atoms with Crippen molar-refractivity contribution < 1.29 is 21.4 Å². The molecule has 2 aromatic heterocycles. The summed E-state index contributed by atoms with van der Waals surface area (Å²) in [5, 5.41) is 1.47.